The van der Waals surface area contributed by atoms with Crippen molar-refractivity contribution in [2.75, 3.05) is 32.7 Å². The molecule has 2 saturated heterocycles. The molecule has 126 valence electrons. The second kappa shape index (κ2) is 7.64. The third kappa shape index (κ3) is 3.93. The predicted octanol–water partition coefficient (Wildman–Crippen LogP) is 1.32. The van der Waals surface area contributed by atoms with Gasteiger partial charge >= 0.3 is 0 Å². The molecule has 1 saturated carbocycles. The third-order valence-electron chi connectivity index (χ3n) is 5.45. The molecule has 1 atom stereocenters. The van der Waals surface area contributed by atoms with Crippen molar-refractivity contribution in [2.45, 2.75) is 44.9 Å². The van der Waals surface area contributed by atoms with Crippen LogP contribution in [-0.2, 0) is 9.59 Å². The van der Waals surface area contributed by atoms with E-state index in [0.29, 0.717) is 13.0 Å². The molecule has 2 aliphatic heterocycles. The van der Waals surface area contributed by atoms with Gasteiger partial charge in [0.05, 0.1) is 0 Å². The van der Waals surface area contributed by atoms with Crippen molar-refractivity contribution >= 4 is 24.2 Å². The summed E-state index contributed by atoms with van der Waals surface area (Å²) in [4.78, 5) is 26.2. The number of likely N-dealkylation sites (tertiary alicyclic amines) is 1. The average molecular weight is 330 g/mol. The van der Waals surface area contributed by atoms with Crippen LogP contribution in [0.4, 0.5) is 0 Å². The molecule has 3 rings (SSSR count). The lowest BCUT2D eigenvalue weighted by molar-refractivity contribution is -0.132. The van der Waals surface area contributed by atoms with Crippen LogP contribution in [0.5, 0.6) is 0 Å². The topological polar surface area (TPSA) is 61.4 Å². The van der Waals surface area contributed by atoms with E-state index in [1.54, 1.807) is 0 Å². The molecule has 0 aromatic rings. The van der Waals surface area contributed by atoms with Gasteiger partial charge in [-0.15, -0.1) is 12.4 Å². The number of nitrogens with zero attached hydrogens (tertiary/aromatic N) is 1. The highest BCUT2D eigenvalue weighted by atomic mass is 35.5. The molecule has 0 aromatic carbocycles. The van der Waals surface area contributed by atoms with Gasteiger partial charge in [0.1, 0.15) is 0 Å². The fourth-order valence-corrected chi connectivity index (χ4v) is 3.91. The van der Waals surface area contributed by atoms with Gasteiger partial charge in [-0.2, -0.15) is 0 Å². The van der Waals surface area contributed by atoms with Gasteiger partial charge in [-0.1, -0.05) is 0 Å². The number of rotatable bonds is 4. The van der Waals surface area contributed by atoms with Crippen molar-refractivity contribution in [1.82, 2.24) is 15.5 Å². The number of hydrogen-bond donors (Lipinski definition) is 2. The zero-order valence-corrected chi connectivity index (χ0v) is 14.1. The van der Waals surface area contributed by atoms with Crippen molar-refractivity contribution in [1.29, 1.82) is 0 Å². The van der Waals surface area contributed by atoms with E-state index in [1.165, 1.54) is 6.42 Å². The van der Waals surface area contributed by atoms with Gasteiger partial charge in [-0.05, 0) is 57.0 Å². The first kappa shape index (κ1) is 17.5. The Bertz CT molecular complexity index is 404. The SMILES string of the molecule is Cl.O=C(NCCC(=O)N1CCCCC1)C1CC12CCNCC2. The maximum Gasteiger partial charge on any atom is 0.224 e. The summed E-state index contributed by atoms with van der Waals surface area (Å²) < 4.78 is 0. The molecular formula is C16H28ClN3O2. The van der Waals surface area contributed by atoms with Crippen molar-refractivity contribution in [3.8, 4) is 0 Å². The Labute approximate surface area is 139 Å². The highest BCUT2D eigenvalue weighted by molar-refractivity contribution is 5.85. The fourth-order valence-electron chi connectivity index (χ4n) is 3.91. The van der Waals surface area contributed by atoms with Crippen LogP contribution >= 0.6 is 12.4 Å². The van der Waals surface area contributed by atoms with E-state index in [2.05, 4.69) is 10.6 Å². The van der Waals surface area contributed by atoms with E-state index < -0.39 is 0 Å². The maximum atomic E-state index is 12.2. The van der Waals surface area contributed by atoms with E-state index in [0.717, 1.165) is 58.3 Å². The summed E-state index contributed by atoms with van der Waals surface area (Å²) in [6.45, 7) is 4.37. The van der Waals surface area contributed by atoms with Crippen LogP contribution in [0.2, 0.25) is 0 Å². The minimum Gasteiger partial charge on any atom is -0.355 e. The maximum absolute atomic E-state index is 12.2. The summed E-state index contributed by atoms with van der Waals surface area (Å²) in [7, 11) is 0. The van der Waals surface area contributed by atoms with Crippen LogP contribution in [-0.4, -0.2) is 49.4 Å². The highest BCUT2D eigenvalue weighted by Crippen LogP contribution is 2.58. The summed E-state index contributed by atoms with van der Waals surface area (Å²) in [5.74, 6) is 0.565. The first-order valence-electron chi connectivity index (χ1n) is 8.47. The summed E-state index contributed by atoms with van der Waals surface area (Å²) in [6, 6.07) is 0. The van der Waals surface area contributed by atoms with Crippen LogP contribution in [0.1, 0.15) is 44.9 Å². The average Bonchev–Trinajstić information content (AvgIpc) is 3.22. The molecule has 0 bridgehead atoms. The van der Waals surface area contributed by atoms with E-state index in [1.807, 2.05) is 4.90 Å². The molecule has 22 heavy (non-hydrogen) atoms. The van der Waals surface area contributed by atoms with Crippen LogP contribution in [0.3, 0.4) is 0 Å². The number of halogens is 1. The molecule has 2 N–H and O–H groups in total. The molecule has 0 radical (unpaired) electrons. The Morgan fingerprint density at radius 2 is 1.82 bits per heavy atom. The number of carbonyl (C=O) groups is 2. The molecule has 3 fully saturated rings. The van der Waals surface area contributed by atoms with Gasteiger partial charge < -0.3 is 15.5 Å². The number of carbonyl (C=O) groups excluding carboxylic acids is 2. The quantitative estimate of drug-likeness (QED) is 0.817. The second-order valence-corrected chi connectivity index (χ2v) is 6.85. The fraction of sp³-hybridized carbons (Fsp3) is 0.875. The van der Waals surface area contributed by atoms with Gasteiger partial charge in [-0.25, -0.2) is 0 Å². The largest absolute Gasteiger partial charge is 0.355 e. The van der Waals surface area contributed by atoms with E-state index in [4.69, 9.17) is 0 Å². The zero-order valence-electron chi connectivity index (χ0n) is 13.2. The van der Waals surface area contributed by atoms with E-state index in [-0.39, 0.29) is 35.6 Å². The van der Waals surface area contributed by atoms with Crippen LogP contribution < -0.4 is 10.6 Å². The van der Waals surface area contributed by atoms with Crippen LogP contribution in [0.25, 0.3) is 0 Å². The van der Waals surface area contributed by atoms with Crippen LogP contribution in [0.15, 0.2) is 0 Å². The second-order valence-electron chi connectivity index (χ2n) is 6.85. The molecular weight excluding hydrogens is 302 g/mol. The first-order valence-corrected chi connectivity index (χ1v) is 8.47. The Hall–Kier alpha value is -0.810. The third-order valence-corrected chi connectivity index (χ3v) is 5.45. The monoisotopic (exact) mass is 329 g/mol. The van der Waals surface area contributed by atoms with Gasteiger partial charge in [0.15, 0.2) is 0 Å². The smallest absolute Gasteiger partial charge is 0.224 e. The summed E-state index contributed by atoms with van der Waals surface area (Å²) >= 11 is 0. The predicted molar refractivity (Wildman–Crippen MR) is 87.9 cm³/mol. The molecule has 2 amide bonds. The molecule has 5 nitrogen and oxygen atoms in total. The Balaban J connectivity index is 0.00000176. The number of piperidine rings is 2. The minimum absolute atomic E-state index is 0. The van der Waals surface area contributed by atoms with Crippen molar-refractivity contribution in [3.63, 3.8) is 0 Å². The van der Waals surface area contributed by atoms with Crippen molar-refractivity contribution in [2.24, 2.45) is 11.3 Å². The molecule has 2 heterocycles. The standard InChI is InChI=1S/C16H27N3O2.ClH/c20-14(19-10-2-1-3-11-19)4-7-18-15(21)13-12-16(13)5-8-17-9-6-16;/h13,17H,1-12H2,(H,18,21);1H. The summed E-state index contributed by atoms with van der Waals surface area (Å²) in [5, 5.41) is 6.33. The zero-order chi connectivity index (χ0) is 14.7. The van der Waals surface area contributed by atoms with Gasteiger partial charge in [-0.3, -0.25) is 9.59 Å². The number of amides is 2. The number of nitrogens with one attached hydrogen (secondary N) is 2. The molecule has 1 spiro atoms. The summed E-state index contributed by atoms with van der Waals surface area (Å²) in [5.41, 5.74) is 0.284. The van der Waals surface area contributed by atoms with Gasteiger partial charge in [0.25, 0.3) is 0 Å². The molecule has 6 heteroatoms. The Morgan fingerprint density at radius 1 is 1.14 bits per heavy atom. The molecule has 1 aliphatic carbocycles. The normalized spacial score (nSPS) is 26.2. The lowest BCUT2D eigenvalue weighted by atomic mass is 9.92. The Morgan fingerprint density at radius 3 is 2.50 bits per heavy atom. The molecule has 3 aliphatic rings. The first-order chi connectivity index (χ1) is 10.2. The minimum atomic E-state index is 0. The molecule has 1 unspecified atom stereocenters. The lowest BCUT2D eigenvalue weighted by Crippen LogP contribution is -2.38. The van der Waals surface area contributed by atoms with Crippen LogP contribution in [0, 0.1) is 11.3 Å². The lowest BCUT2D eigenvalue weighted by Gasteiger charge is -2.26. The Kier molecular flexibility index (Phi) is 6.09. The van der Waals surface area contributed by atoms with E-state index in [9.17, 15) is 9.59 Å². The summed E-state index contributed by atoms with van der Waals surface area (Å²) in [6.07, 6.45) is 7.22. The van der Waals surface area contributed by atoms with E-state index >= 15 is 0 Å². The van der Waals surface area contributed by atoms with Crippen molar-refractivity contribution < 1.29 is 9.59 Å². The molecule has 0 aromatic heterocycles. The number of hydrogen-bond acceptors (Lipinski definition) is 3. The van der Waals surface area contributed by atoms with Crippen molar-refractivity contribution in [3.05, 3.63) is 0 Å². The van der Waals surface area contributed by atoms with Gasteiger partial charge in [0.2, 0.25) is 11.8 Å². The van der Waals surface area contributed by atoms with Gasteiger partial charge in [0, 0.05) is 32.0 Å². The highest BCUT2D eigenvalue weighted by Gasteiger charge is 2.57.